The summed E-state index contributed by atoms with van der Waals surface area (Å²) in [5.41, 5.74) is 3.24. The van der Waals surface area contributed by atoms with E-state index in [0.717, 1.165) is 16.7 Å². The molecule has 2 amide bonds. The van der Waals surface area contributed by atoms with Crippen molar-refractivity contribution in [1.29, 1.82) is 0 Å². The Bertz CT molecular complexity index is 1370. The lowest BCUT2D eigenvalue weighted by Crippen LogP contribution is -2.41. The Morgan fingerprint density at radius 1 is 0.923 bits per heavy atom. The third kappa shape index (κ3) is 7.56. The largest absolute Gasteiger partial charge is 0.388 e. The molecule has 0 aliphatic carbocycles. The molecule has 2 N–H and O–H groups in total. The van der Waals surface area contributed by atoms with Crippen LogP contribution in [-0.4, -0.2) is 60.5 Å². The van der Waals surface area contributed by atoms with Gasteiger partial charge in [0.2, 0.25) is 5.91 Å². The van der Waals surface area contributed by atoms with E-state index in [2.05, 4.69) is 5.32 Å². The Morgan fingerprint density at radius 3 is 2.26 bits per heavy atom. The number of hydrogen-bond acceptors (Lipinski definition) is 5. The summed E-state index contributed by atoms with van der Waals surface area (Å²) < 4.78 is 20.0. The van der Waals surface area contributed by atoms with Gasteiger partial charge >= 0.3 is 0 Å². The Kier molecular flexibility index (Phi) is 9.50. The van der Waals surface area contributed by atoms with Crippen LogP contribution in [0.15, 0.2) is 78.9 Å². The number of Topliss-reactive ketones (excluding diaryl/α,β-unsaturated/α-hetero) is 1. The first-order chi connectivity index (χ1) is 18.9. The number of aliphatic hydroxyl groups excluding tert-OH is 1. The molecule has 3 aromatic rings. The van der Waals surface area contributed by atoms with Crippen LogP contribution in [0.2, 0.25) is 0 Å². The highest BCUT2D eigenvalue weighted by atomic mass is 19.1. The second-order valence-corrected chi connectivity index (χ2v) is 8.94. The van der Waals surface area contributed by atoms with Gasteiger partial charge in [-0.25, -0.2) is 4.39 Å². The zero-order valence-electron chi connectivity index (χ0n) is 21.3. The van der Waals surface area contributed by atoms with Gasteiger partial charge in [-0.1, -0.05) is 66.7 Å². The van der Waals surface area contributed by atoms with Gasteiger partial charge < -0.3 is 20.1 Å². The number of carbonyl (C=O) groups excluding carboxylic acids is 3. The van der Waals surface area contributed by atoms with Gasteiger partial charge in [0.25, 0.3) is 5.91 Å². The standard InChI is InChI=1S/C31H29FN2O5/c32-28-4-2-1-3-26(28)27(31(38)34-15-17-39-18-16-34)19-23-7-5-22(6-8-23)11-14-30(37)33-20-24-9-12-25(13-10-24)29(36)21-35/h1-14,19,35H,15-18,20-21H2,(H,33,37)/b14-11+,27-19+. The summed E-state index contributed by atoms with van der Waals surface area (Å²) in [4.78, 5) is 38.7. The minimum atomic E-state index is -0.544. The minimum absolute atomic E-state index is 0.240. The van der Waals surface area contributed by atoms with Crippen molar-refractivity contribution in [2.75, 3.05) is 32.9 Å². The summed E-state index contributed by atoms with van der Waals surface area (Å²) >= 11 is 0. The van der Waals surface area contributed by atoms with Crippen molar-refractivity contribution in [1.82, 2.24) is 10.2 Å². The van der Waals surface area contributed by atoms with Crippen LogP contribution in [0.4, 0.5) is 4.39 Å². The van der Waals surface area contributed by atoms with Crippen LogP contribution in [0.3, 0.4) is 0 Å². The number of morpholine rings is 1. The fourth-order valence-electron chi connectivity index (χ4n) is 4.06. The summed E-state index contributed by atoms with van der Waals surface area (Å²) in [6.45, 7) is 1.54. The maximum Gasteiger partial charge on any atom is 0.254 e. The highest BCUT2D eigenvalue weighted by Gasteiger charge is 2.23. The molecule has 4 rings (SSSR count). The van der Waals surface area contributed by atoms with Crippen LogP contribution in [0.25, 0.3) is 17.7 Å². The van der Waals surface area contributed by atoms with Crippen molar-refractivity contribution in [3.8, 4) is 0 Å². The van der Waals surface area contributed by atoms with Crippen LogP contribution in [-0.2, 0) is 20.9 Å². The van der Waals surface area contributed by atoms with Crippen molar-refractivity contribution in [2.45, 2.75) is 6.54 Å². The Labute approximate surface area is 226 Å². The molecule has 0 bridgehead atoms. The fourth-order valence-corrected chi connectivity index (χ4v) is 4.06. The van der Waals surface area contributed by atoms with E-state index < -0.39 is 12.4 Å². The average molecular weight is 529 g/mol. The van der Waals surface area contributed by atoms with Crippen LogP contribution in [0.1, 0.15) is 32.6 Å². The zero-order valence-corrected chi connectivity index (χ0v) is 21.3. The molecule has 0 saturated carbocycles. The SMILES string of the molecule is O=C(/C=C/c1ccc(/C=C(/C(=O)N2CCOCC2)c2ccccc2F)cc1)NCc1ccc(C(=O)CO)cc1. The van der Waals surface area contributed by atoms with Crippen molar-refractivity contribution in [3.05, 3.63) is 113 Å². The van der Waals surface area contributed by atoms with Gasteiger partial charge in [0.15, 0.2) is 5.78 Å². The number of ketones is 1. The molecule has 1 aliphatic heterocycles. The lowest BCUT2D eigenvalue weighted by molar-refractivity contribution is -0.128. The predicted molar refractivity (Wildman–Crippen MR) is 147 cm³/mol. The van der Waals surface area contributed by atoms with Crippen molar-refractivity contribution in [3.63, 3.8) is 0 Å². The monoisotopic (exact) mass is 528 g/mol. The van der Waals surface area contributed by atoms with E-state index in [0.29, 0.717) is 31.9 Å². The molecule has 1 aliphatic rings. The van der Waals surface area contributed by atoms with Crippen LogP contribution in [0, 0.1) is 5.82 Å². The van der Waals surface area contributed by atoms with E-state index in [-0.39, 0.29) is 35.3 Å². The quantitative estimate of drug-likeness (QED) is 0.251. The Balaban J connectivity index is 1.42. The average Bonchev–Trinajstić information content (AvgIpc) is 2.98. The summed E-state index contributed by atoms with van der Waals surface area (Å²) in [7, 11) is 0. The molecule has 8 heteroatoms. The van der Waals surface area contributed by atoms with E-state index in [1.807, 2.05) is 12.1 Å². The lowest BCUT2D eigenvalue weighted by atomic mass is 10.00. The van der Waals surface area contributed by atoms with Crippen molar-refractivity contribution in [2.24, 2.45) is 0 Å². The molecule has 0 unspecified atom stereocenters. The van der Waals surface area contributed by atoms with Gasteiger partial charge in [0, 0.05) is 36.8 Å². The second kappa shape index (κ2) is 13.4. The number of halogens is 1. The fraction of sp³-hybridized carbons (Fsp3) is 0.194. The minimum Gasteiger partial charge on any atom is -0.388 e. The van der Waals surface area contributed by atoms with Crippen LogP contribution < -0.4 is 5.32 Å². The van der Waals surface area contributed by atoms with Crippen molar-refractivity contribution < 1.29 is 28.6 Å². The highest BCUT2D eigenvalue weighted by Crippen LogP contribution is 2.24. The number of rotatable bonds is 9. The first-order valence-electron chi connectivity index (χ1n) is 12.6. The number of nitrogens with zero attached hydrogens (tertiary/aromatic N) is 1. The second-order valence-electron chi connectivity index (χ2n) is 8.94. The smallest absolute Gasteiger partial charge is 0.254 e. The summed E-state index contributed by atoms with van der Waals surface area (Å²) in [5, 5.41) is 11.7. The maximum atomic E-state index is 14.6. The summed E-state index contributed by atoms with van der Waals surface area (Å²) in [6, 6.07) is 20.1. The first-order valence-corrected chi connectivity index (χ1v) is 12.6. The normalized spacial score (nSPS) is 13.9. The van der Waals surface area contributed by atoms with Crippen molar-refractivity contribution >= 4 is 35.3 Å². The molecule has 7 nitrogen and oxygen atoms in total. The van der Waals surface area contributed by atoms with Gasteiger partial charge in [-0.2, -0.15) is 0 Å². The zero-order chi connectivity index (χ0) is 27.6. The number of aliphatic hydroxyl groups is 1. The first kappa shape index (κ1) is 27.6. The van der Waals surface area contributed by atoms with Gasteiger partial charge in [0.05, 0.1) is 18.8 Å². The molecule has 39 heavy (non-hydrogen) atoms. The van der Waals surface area contributed by atoms with Gasteiger partial charge in [0.1, 0.15) is 12.4 Å². The number of hydrogen-bond donors (Lipinski definition) is 2. The Hall–Kier alpha value is -4.40. The summed E-state index contributed by atoms with van der Waals surface area (Å²) in [5.74, 6) is -1.36. The third-order valence-electron chi connectivity index (χ3n) is 6.25. The molecule has 0 spiro atoms. The van der Waals surface area contributed by atoms with Gasteiger partial charge in [-0.15, -0.1) is 0 Å². The maximum absolute atomic E-state index is 14.6. The molecular formula is C31H29FN2O5. The van der Waals surface area contributed by atoms with Crippen LogP contribution in [0.5, 0.6) is 0 Å². The molecule has 0 radical (unpaired) electrons. The van der Waals surface area contributed by atoms with E-state index >= 15 is 0 Å². The number of carbonyl (C=O) groups is 3. The molecule has 3 aromatic carbocycles. The molecule has 1 fully saturated rings. The lowest BCUT2D eigenvalue weighted by Gasteiger charge is -2.28. The van der Waals surface area contributed by atoms with E-state index in [9.17, 15) is 18.8 Å². The predicted octanol–water partition coefficient (Wildman–Crippen LogP) is 3.73. The third-order valence-corrected chi connectivity index (χ3v) is 6.25. The number of benzene rings is 3. The Morgan fingerprint density at radius 2 is 1.59 bits per heavy atom. The number of ether oxygens (including phenoxy) is 1. The summed E-state index contributed by atoms with van der Waals surface area (Å²) in [6.07, 6.45) is 4.76. The number of nitrogens with one attached hydrogen (secondary N) is 1. The molecule has 200 valence electrons. The van der Waals surface area contributed by atoms with Gasteiger partial charge in [-0.05, 0) is 34.9 Å². The number of amides is 2. The molecule has 0 atom stereocenters. The van der Waals surface area contributed by atoms with Crippen LogP contribution >= 0.6 is 0 Å². The highest BCUT2D eigenvalue weighted by molar-refractivity contribution is 6.24. The van der Waals surface area contributed by atoms with E-state index in [1.54, 1.807) is 71.6 Å². The van der Waals surface area contributed by atoms with E-state index in [1.165, 1.54) is 12.1 Å². The molecule has 0 aromatic heterocycles. The topological polar surface area (TPSA) is 95.9 Å². The van der Waals surface area contributed by atoms with E-state index in [4.69, 9.17) is 9.84 Å². The molecule has 1 saturated heterocycles. The van der Waals surface area contributed by atoms with Gasteiger partial charge in [-0.3, -0.25) is 14.4 Å². The molecule has 1 heterocycles. The molecular weight excluding hydrogens is 499 g/mol.